The smallest absolute Gasteiger partial charge is 0.337 e. The normalized spacial score (nSPS) is 13.1. The molecule has 0 saturated carbocycles. The molecule has 0 amide bonds. The molecule has 0 bridgehead atoms. The van der Waals surface area contributed by atoms with E-state index < -0.39 is 20.3 Å². The van der Waals surface area contributed by atoms with Gasteiger partial charge in [-0.3, -0.25) is 0 Å². The lowest BCUT2D eigenvalue weighted by molar-refractivity contribution is -0.0266. The monoisotopic (exact) mass is 408 g/mol. The molecule has 3 rings (SSSR count). The molecular formula is C23H24O5Si. The zero-order valence-electron chi connectivity index (χ0n) is 17.0. The summed E-state index contributed by atoms with van der Waals surface area (Å²) in [6.07, 6.45) is 2.21. The van der Waals surface area contributed by atoms with Crippen molar-refractivity contribution in [1.82, 2.24) is 0 Å². The Hall–Kier alpha value is -3.17. The number of esters is 1. The van der Waals surface area contributed by atoms with Crippen molar-refractivity contribution in [2.45, 2.75) is 32.5 Å². The second kappa shape index (κ2) is 8.89. The fourth-order valence-electron chi connectivity index (χ4n) is 2.69. The zero-order chi connectivity index (χ0) is 20.9. The van der Waals surface area contributed by atoms with E-state index in [2.05, 4.69) is 31.1 Å². The van der Waals surface area contributed by atoms with Crippen molar-refractivity contribution in [3.05, 3.63) is 77.2 Å². The Kier molecular flexibility index (Phi) is 6.30. The number of carbonyl (C=O) groups excluding carboxylic acids is 1. The van der Waals surface area contributed by atoms with Gasteiger partial charge in [0.15, 0.2) is 0 Å². The van der Waals surface area contributed by atoms with Crippen LogP contribution in [-0.2, 0) is 20.8 Å². The van der Waals surface area contributed by atoms with E-state index in [1.54, 1.807) is 12.1 Å². The number of hydrogen-bond acceptors (Lipinski definition) is 5. The van der Waals surface area contributed by atoms with E-state index in [0.29, 0.717) is 29.0 Å². The quantitative estimate of drug-likeness (QED) is 0.404. The van der Waals surface area contributed by atoms with Crippen molar-refractivity contribution in [2.75, 3.05) is 7.11 Å². The van der Waals surface area contributed by atoms with Gasteiger partial charge in [-0.25, -0.2) is 4.79 Å². The Balaban J connectivity index is 2.08. The predicted octanol–water partition coefficient (Wildman–Crippen LogP) is 4.80. The van der Waals surface area contributed by atoms with Crippen LogP contribution >= 0.6 is 0 Å². The molecule has 6 heteroatoms. The first-order valence-corrected chi connectivity index (χ1v) is 12.8. The molecule has 1 aliphatic heterocycles. The Morgan fingerprint density at radius 1 is 1.10 bits per heavy atom. The van der Waals surface area contributed by atoms with Gasteiger partial charge in [-0.15, -0.1) is 5.54 Å². The molecule has 0 atom stereocenters. The molecule has 0 saturated heterocycles. The van der Waals surface area contributed by atoms with Crippen molar-refractivity contribution in [3.8, 4) is 17.2 Å². The molecule has 0 N–H and O–H groups in total. The van der Waals surface area contributed by atoms with Gasteiger partial charge in [-0.1, -0.05) is 55.9 Å². The Bertz CT molecular complexity index is 956. The zero-order valence-corrected chi connectivity index (χ0v) is 18.0. The van der Waals surface area contributed by atoms with Crippen LogP contribution in [-0.4, -0.2) is 21.2 Å². The van der Waals surface area contributed by atoms with Gasteiger partial charge >= 0.3 is 5.97 Å². The van der Waals surface area contributed by atoms with E-state index in [0.717, 1.165) is 5.56 Å². The topological polar surface area (TPSA) is 54.0 Å². The maximum atomic E-state index is 12.2. The van der Waals surface area contributed by atoms with Gasteiger partial charge in [0.1, 0.15) is 33.0 Å². The number of hydrogen-bond donors (Lipinski definition) is 0. The van der Waals surface area contributed by atoms with Gasteiger partial charge < -0.3 is 18.9 Å². The molecule has 150 valence electrons. The summed E-state index contributed by atoms with van der Waals surface area (Å²) in [5.74, 6) is 3.31. The van der Waals surface area contributed by atoms with Gasteiger partial charge in [0, 0.05) is 0 Å². The first-order valence-electron chi connectivity index (χ1n) is 9.29. The predicted molar refractivity (Wildman–Crippen MR) is 113 cm³/mol. The highest BCUT2D eigenvalue weighted by atomic mass is 28.3. The van der Waals surface area contributed by atoms with E-state index in [1.807, 2.05) is 30.3 Å². The average molecular weight is 409 g/mol. The molecular weight excluding hydrogens is 384 g/mol. The van der Waals surface area contributed by atoms with Crippen LogP contribution in [0.2, 0.25) is 19.6 Å². The molecule has 0 aliphatic carbocycles. The number of carbonyl (C=O) groups is 1. The summed E-state index contributed by atoms with van der Waals surface area (Å²) in [5, 5.41) is 0. The molecule has 1 aliphatic rings. The van der Waals surface area contributed by atoms with Crippen LogP contribution in [0.15, 0.2) is 55.0 Å². The summed E-state index contributed by atoms with van der Waals surface area (Å²) in [7, 11) is -0.313. The molecule has 1 heterocycles. The second-order valence-electron chi connectivity index (χ2n) is 7.58. The molecule has 0 fully saturated rings. The van der Waals surface area contributed by atoms with E-state index >= 15 is 0 Å². The fourth-order valence-corrected chi connectivity index (χ4v) is 3.20. The third-order valence-electron chi connectivity index (χ3n) is 4.05. The first-order chi connectivity index (χ1) is 13.9. The summed E-state index contributed by atoms with van der Waals surface area (Å²) in [6.45, 7) is 6.82. The Morgan fingerprint density at radius 2 is 1.79 bits per heavy atom. The molecule has 0 aromatic heterocycles. The van der Waals surface area contributed by atoms with E-state index in [4.69, 9.17) is 18.9 Å². The SMILES string of the molecule is COC(=O)c1cc(C#C[Si](C)(C)C)c(OCc2ccccc2)c(C2OC=CO2)c1. The van der Waals surface area contributed by atoms with Gasteiger partial charge in [-0.05, 0) is 17.7 Å². The third-order valence-corrected chi connectivity index (χ3v) is 4.93. The van der Waals surface area contributed by atoms with Crippen molar-refractivity contribution in [3.63, 3.8) is 0 Å². The molecule has 2 aromatic rings. The number of methoxy groups -OCH3 is 1. The number of ether oxygens (including phenoxy) is 4. The summed E-state index contributed by atoms with van der Waals surface area (Å²) < 4.78 is 22.1. The highest BCUT2D eigenvalue weighted by Crippen LogP contribution is 2.36. The van der Waals surface area contributed by atoms with Crippen molar-refractivity contribution in [1.29, 1.82) is 0 Å². The maximum absolute atomic E-state index is 12.2. The summed E-state index contributed by atoms with van der Waals surface area (Å²) in [4.78, 5) is 12.2. The Labute approximate surface area is 172 Å². The summed E-state index contributed by atoms with van der Waals surface area (Å²) >= 11 is 0. The van der Waals surface area contributed by atoms with Crippen LogP contribution in [0, 0.1) is 11.5 Å². The summed E-state index contributed by atoms with van der Waals surface area (Å²) in [6, 6.07) is 13.2. The van der Waals surface area contributed by atoms with Gasteiger partial charge in [-0.2, -0.15) is 0 Å². The maximum Gasteiger partial charge on any atom is 0.337 e. The van der Waals surface area contributed by atoms with Crippen LogP contribution < -0.4 is 4.74 Å². The lowest BCUT2D eigenvalue weighted by atomic mass is 10.0. The molecule has 0 radical (unpaired) electrons. The van der Waals surface area contributed by atoms with E-state index in [9.17, 15) is 4.79 Å². The first kappa shape index (κ1) is 20.6. The van der Waals surface area contributed by atoms with Crippen LogP contribution in [0.25, 0.3) is 0 Å². The van der Waals surface area contributed by atoms with Crippen LogP contribution in [0.5, 0.6) is 5.75 Å². The molecule has 5 nitrogen and oxygen atoms in total. The lowest BCUT2D eigenvalue weighted by Gasteiger charge is -2.19. The van der Waals surface area contributed by atoms with E-state index in [1.165, 1.54) is 19.6 Å². The minimum atomic E-state index is -1.66. The summed E-state index contributed by atoms with van der Waals surface area (Å²) in [5.41, 5.74) is 5.93. The minimum absolute atomic E-state index is 0.354. The van der Waals surface area contributed by atoms with Gasteiger partial charge in [0.05, 0.1) is 23.8 Å². The second-order valence-corrected chi connectivity index (χ2v) is 12.3. The standard InChI is InChI=1S/C23H24O5Si/c1-25-22(24)19-14-18(10-13-29(2,3)4)21(20(15-19)23-26-11-12-27-23)28-16-17-8-6-5-7-9-17/h5-9,11-12,14-15,23H,16H2,1-4H3. The number of rotatable bonds is 5. The minimum Gasteiger partial charge on any atom is -0.487 e. The van der Waals surface area contributed by atoms with Gasteiger partial charge in [0.25, 0.3) is 6.29 Å². The van der Waals surface area contributed by atoms with Crippen molar-refractivity contribution >= 4 is 14.0 Å². The largest absolute Gasteiger partial charge is 0.487 e. The third kappa shape index (κ3) is 5.43. The fraction of sp³-hybridized carbons (Fsp3) is 0.261. The van der Waals surface area contributed by atoms with Crippen LogP contribution in [0.3, 0.4) is 0 Å². The molecule has 2 aromatic carbocycles. The van der Waals surface area contributed by atoms with Crippen LogP contribution in [0.1, 0.15) is 33.3 Å². The molecule has 0 spiro atoms. The number of benzene rings is 2. The van der Waals surface area contributed by atoms with E-state index in [-0.39, 0.29) is 0 Å². The highest BCUT2D eigenvalue weighted by Gasteiger charge is 2.26. The van der Waals surface area contributed by atoms with Gasteiger partial charge in [0.2, 0.25) is 0 Å². The average Bonchev–Trinajstić information content (AvgIpc) is 3.24. The van der Waals surface area contributed by atoms with Crippen molar-refractivity contribution < 1.29 is 23.7 Å². The molecule has 29 heavy (non-hydrogen) atoms. The van der Waals surface area contributed by atoms with Crippen molar-refractivity contribution in [2.24, 2.45) is 0 Å². The molecule has 0 unspecified atom stereocenters. The lowest BCUT2D eigenvalue weighted by Crippen LogP contribution is -2.16. The highest BCUT2D eigenvalue weighted by molar-refractivity contribution is 6.83. The Morgan fingerprint density at radius 3 is 2.41 bits per heavy atom. The van der Waals surface area contributed by atoms with Crippen LogP contribution in [0.4, 0.5) is 0 Å².